The predicted octanol–water partition coefficient (Wildman–Crippen LogP) is 2.64. The van der Waals surface area contributed by atoms with Crippen LogP contribution in [0.3, 0.4) is 0 Å². The Bertz CT molecular complexity index is 978. The third kappa shape index (κ3) is 3.03. The van der Waals surface area contributed by atoms with Gasteiger partial charge in [0.15, 0.2) is 11.5 Å². The van der Waals surface area contributed by atoms with Gasteiger partial charge in [-0.1, -0.05) is 25.1 Å². The van der Waals surface area contributed by atoms with Gasteiger partial charge in [-0.15, -0.1) is 0 Å². The summed E-state index contributed by atoms with van der Waals surface area (Å²) >= 11 is 0. The summed E-state index contributed by atoms with van der Waals surface area (Å²) < 4.78 is 10.6. The van der Waals surface area contributed by atoms with Crippen molar-refractivity contribution in [2.75, 3.05) is 11.7 Å². The van der Waals surface area contributed by atoms with Gasteiger partial charge in [-0.2, -0.15) is 0 Å². The largest absolute Gasteiger partial charge is 0.454 e. The smallest absolute Gasteiger partial charge is 0.335 e. The van der Waals surface area contributed by atoms with Crippen molar-refractivity contribution < 1.29 is 23.9 Å². The van der Waals surface area contributed by atoms with E-state index in [2.05, 4.69) is 5.32 Å². The molecule has 0 atom stereocenters. The molecule has 0 unspecified atom stereocenters. The SMILES string of the molecule is CCc1ccc(N2C(=O)NC(=O)/C(=C\c3ccc4c(c3)OCO4)C2=O)cc1. The summed E-state index contributed by atoms with van der Waals surface area (Å²) in [5.74, 6) is -0.268. The number of fused-ring (bicyclic) bond motifs is 1. The minimum absolute atomic E-state index is 0.130. The monoisotopic (exact) mass is 364 g/mol. The summed E-state index contributed by atoms with van der Waals surface area (Å²) in [6, 6.07) is 11.4. The summed E-state index contributed by atoms with van der Waals surface area (Å²) in [4.78, 5) is 38.3. The Kier molecular flexibility index (Phi) is 4.12. The van der Waals surface area contributed by atoms with Crippen LogP contribution < -0.4 is 19.7 Å². The number of amides is 4. The molecular formula is C20H16N2O5. The van der Waals surface area contributed by atoms with E-state index in [1.54, 1.807) is 30.3 Å². The van der Waals surface area contributed by atoms with Crippen LogP contribution in [-0.4, -0.2) is 24.6 Å². The molecular weight excluding hydrogens is 348 g/mol. The Morgan fingerprint density at radius 3 is 2.52 bits per heavy atom. The van der Waals surface area contributed by atoms with E-state index in [0.29, 0.717) is 22.7 Å². The van der Waals surface area contributed by atoms with Gasteiger partial charge in [-0.05, 0) is 47.9 Å². The van der Waals surface area contributed by atoms with E-state index in [9.17, 15) is 14.4 Å². The van der Waals surface area contributed by atoms with Crippen LogP contribution in [0.1, 0.15) is 18.1 Å². The van der Waals surface area contributed by atoms with Gasteiger partial charge in [-0.25, -0.2) is 9.69 Å². The van der Waals surface area contributed by atoms with E-state index < -0.39 is 17.8 Å². The zero-order valence-electron chi connectivity index (χ0n) is 14.5. The zero-order chi connectivity index (χ0) is 19.0. The molecule has 136 valence electrons. The number of ether oxygens (including phenoxy) is 2. The fraction of sp³-hybridized carbons (Fsp3) is 0.150. The van der Waals surface area contributed by atoms with Crippen molar-refractivity contribution >= 4 is 29.6 Å². The minimum atomic E-state index is -0.767. The average molecular weight is 364 g/mol. The maximum atomic E-state index is 12.9. The second kappa shape index (κ2) is 6.60. The van der Waals surface area contributed by atoms with Gasteiger partial charge in [0.2, 0.25) is 6.79 Å². The van der Waals surface area contributed by atoms with Crippen LogP contribution in [0.5, 0.6) is 11.5 Å². The molecule has 2 aliphatic heterocycles. The van der Waals surface area contributed by atoms with E-state index >= 15 is 0 Å². The highest BCUT2D eigenvalue weighted by Crippen LogP contribution is 2.33. The fourth-order valence-corrected chi connectivity index (χ4v) is 2.94. The van der Waals surface area contributed by atoms with Crippen LogP contribution in [0, 0.1) is 0 Å². The second-order valence-electron chi connectivity index (χ2n) is 6.09. The third-order valence-corrected chi connectivity index (χ3v) is 4.41. The summed E-state index contributed by atoms with van der Waals surface area (Å²) in [6.45, 7) is 2.14. The molecule has 1 saturated heterocycles. The average Bonchev–Trinajstić information content (AvgIpc) is 3.13. The Morgan fingerprint density at radius 2 is 1.78 bits per heavy atom. The number of hydrogen-bond acceptors (Lipinski definition) is 5. The lowest BCUT2D eigenvalue weighted by Gasteiger charge is -2.26. The highest BCUT2D eigenvalue weighted by atomic mass is 16.7. The minimum Gasteiger partial charge on any atom is -0.454 e. The zero-order valence-corrected chi connectivity index (χ0v) is 14.5. The summed E-state index contributed by atoms with van der Waals surface area (Å²) in [6.07, 6.45) is 2.27. The van der Waals surface area contributed by atoms with E-state index in [4.69, 9.17) is 9.47 Å². The molecule has 1 fully saturated rings. The van der Waals surface area contributed by atoms with Crippen molar-refractivity contribution in [1.82, 2.24) is 5.32 Å². The van der Waals surface area contributed by atoms with Gasteiger partial charge in [-0.3, -0.25) is 14.9 Å². The van der Waals surface area contributed by atoms with E-state index in [1.807, 2.05) is 19.1 Å². The number of aryl methyl sites for hydroxylation is 1. The first-order chi connectivity index (χ1) is 13.1. The summed E-state index contributed by atoms with van der Waals surface area (Å²) in [5.41, 5.74) is 1.94. The first-order valence-electron chi connectivity index (χ1n) is 8.47. The van der Waals surface area contributed by atoms with E-state index in [0.717, 1.165) is 16.9 Å². The molecule has 0 aliphatic carbocycles. The first-order valence-corrected chi connectivity index (χ1v) is 8.47. The summed E-state index contributed by atoms with van der Waals surface area (Å²) in [5, 5.41) is 2.21. The highest BCUT2D eigenvalue weighted by molar-refractivity contribution is 6.39. The van der Waals surface area contributed by atoms with Crippen molar-refractivity contribution in [3.8, 4) is 11.5 Å². The second-order valence-corrected chi connectivity index (χ2v) is 6.09. The number of barbiturate groups is 1. The predicted molar refractivity (Wildman–Crippen MR) is 97.4 cm³/mol. The standard InChI is InChI=1S/C20H16N2O5/c1-2-12-3-6-14(7-4-12)22-19(24)15(18(23)21-20(22)25)9-13-5-8-16-17(10-13)27-11-26-16/h3-10H,2,11H2,1H3,(H,21,23,25)/b15-9+. The van der Waals surface area contributed by atoms with Crippen LogP contribution in [-0.2, 0) is 16.0 Å². The number of nitrogens with zero attached hydrogens (tertiary/aromatic N) is 1. The molecule has 4 rings (SSSR count). The molecule has 0 saturated carbocycles. The molecule has 0 spiro atoms. The lowest BCUT2D eigenvalue weighted by Crippen LogP contribution is -2.54. The Balaban J connectivity index is 1.69. The Hall–Kier alpha value is -3.61. The molecule has 2 heterocycles. The quantitative estimate of drug-likeness (QED) is 0.669. The van der Waals surface area contributed by atoms with Crippen LogP contribution in [0.2, 0.25) is 0 Å². The molecule has 4 amide bonds. The van der Waals surface area contributed by atoms with Crippen molar-refractivity contribution in [2.24, 2.45) is 0 Å². The van der Waals surface area contributed by atoms with Gasteiger partial charge in [0.1, 0.15) is 5.57 Å². The topological polar surface area (TPSA) is 84.9 Å². The van der Waals surface area contributed by atoms with Gasteiger partial charge < -0.3 is 9.47 Å². The van der Waals surface area contributed by atoms with Crippen molar-refractivity contribution in [1.29, 1.82) is 0 Å². The highest BCUT2D eigenvalue weighted by Gasteiger charge is 2.36. The molecule has 2 aromatic rings. The first kappa shape index (κ1) is 16.8. The van der Waals surface area contributed by atoms with E-state index in [-0.39, 0.29) is 12.4 Å². The van der Waals surface area contributed by atoms with Crippen molar-refractivity contribution in [3.63, 3.8) is 0 Å². The Morgan fingerprint density at radius 1 is 1.04 bits per heavy atom. The molecule has 1 N–H and O–H groups in total. The number of hydrogen-bond donors (Lipinski definition) is 1. The summed E-state index contributed by atoms with van der Waals surface area (Å²) in [7, 11) is 0. The van der Waals surface area contributed by atoms with E-state index in [1.165, 1.54) is 6.08 Å². The molecule has 2 aliphatic rings. The number of carbonyl (C=O) groups excluding carboxylic acids is 3. The number of anilines is 1. The van der Waals surface area contributed by atoms with Gasteiger partial charge in [0.05, 0.1) is 5.69 Å². The molecule has 2 aromatic carbocycles. The van der Waals surface area contributed by atoms with Crippen molar-refractivity contribution in [3.05, 3.63) is 59.2 Å². The molecule has 0 radical (unpaired) electrons. The maximum absolute atomic E-state index is 12.9. The van der Waals surface area contributed by atoms with Crippen LogP contribution in [0.25, 0.3) is 6.08 Å². The van der Waals surface area contributed by atoms with Crippen LogP contribution in [0.15, 0.2) is 48.0 Å². The number of nitrogens with one attached hydrogen (secondary N) is 1. The molecule has 27 heavy (non-hydrogen) atoms. The lowest BCUT2D eigenvalue weighted by atomic mass is 10.1. The number of carbonyl (C=O) groups is 3. The molecule has 7 heteroatoms. The molecule has 7 nitrogen and oxygen atoms in total. The Labute approximate surface area is 155 Å². The molecule has 0 aromatic heterocycles. The van der Waals surface area contributed by atoms with Gasteiger partial charge >= 0.3 is 6.03 Å². The maximum Gasteiger partial charge on any atom is 0.335 e. The normalized spacial score (nSPS) is 17.4. The number of benzene rings is 2. The van der Waals surface area contributed by atoms with Gasteiger partial charge in [0, 0.05) is 0 Å². The molecule has 0 bridgehead atoms. The lowest BCUT2D eigenvalue weighted by molar-refractivity contribution is -0.122. The number of urea groups is 1. The van der Waals surface area contributed by atoms with Gasteiger partial charge in [0.25, 0.3) is 11.8 Å². The number of imide groups is 2. The third-order valence-electron chi connectivity index (χ3n) is 4.41. The van der Waals surface area contributed by atoms with Crippen LogP contribution in [0.4, 0.5) is 10.5 Å². The van der Waals surface area contributed by atoms with Crippen molar-refractivity contribution in [2.45, 2.75) is 13.3 Å². The number of rotatable bonds is 3. The van der Waals surface area contributed by atoms with Crippen LogP contribution >= 0.6 is 0 Å². The fourth-order valence-electron chi connectivity index (χ4n) is 2.94.